The average molecular weight is 274 g/mol. The normalized spacial score (nSPS) is 22.0. The summed E-state index contributed by atoms with van der Waals surface area (Å²) in [6.07, 6.45) is 3.99. The van der Waals surface area contributed by atoms with Crippen LogP contribution in [0.25, 0.3) is 0 Å². The van der Waals surface area contributed by atoms with Crippen molar-refractivity contribution < 1.29 is 9.53 Å². The summed E-state index contributed by atoms with van der Waals surface area (Å²) in [7, 11) is 0. The predicted molar refractivity (Wildman–Crippen MR) is 72.0 cm³/mol. The summed E-state index contributed by atoms with van der Waals surface area (Å²) in [5.41, 5.74) is 2.10. The Kier molecular flexibility index (Phi) is 2.84. The maximum Gasteiger partial charge on any atom is 0.226 e. The van der Waals surface area contributed by atoms with Crippen molar-refractivity contribution in [3.05, 3.63) is 17.5 Å². The van der Waals surface area contributed by atoms with Crippen LogP contribution in [0.5, 0.6) is 0 Å². The quantitative estimate of drug-likeness (QED) is 0.789. The molecule has 20 heavy (non-hydrogen) atoms. The van der Waals surface area contributed by atoms with Gasteiger partial charge >= 0.3 is 0 Å². The molecular formula is C14H18N4O2. The molecule has 1 saturated carbocycles. The molecule has 6 heteroatoms. The average Bonchev–Trinajstić information content (AvgIpc) is 3.25. The van der Waals surface area contributed by atoms with Crippen molar-refractivity contribution in [1.82, 2.24) is 14.9 Å². The lowest BCUT2D eigenvalue weighted by atomic mass is 10.3. The van der Waals surface area contributed by atoms with Gasteiger partial charge in [-0.1, -0.05) is 0 Å². The molecule has 0 aromatic carbocycles. The maximum atomic E-state index is 12.1. The van der Waals surface area contributed by atoms with E-state index in [0.717, 1.165) is 56.4 Å². The second kappa shape index (κ2) is 4.70. The van der Waals surface area contributed by atoms with Gasteiger partial charge < -0.3 is 14.5 Å². The fourth-order valence-electron chi connectivity index (χ4n) is 2.80. The molecule has 6 nitrogen and oxygen atoms in total. The second-order valence-corrected chi connectivity index (χ2v) is 5.71. The lowest BCUT2D eigenvalue weighted by Gasteiger charge is -2.26. The number of carbonyl (C=O) groups is 1. The molecule has 0 radical (unpaired) electrons. The highest BCUT2D eigenvalue weighted by Gasteiger charge is 2.36. The smallest absolute Gasteiger partial charge is 0.226 e. The molecule has 1 aliphatic carbocycles. The van der Waals surface area contributed by atoms with E-state index in [0.29, 0.717) is 13.1 Å². The van der Waals surface area contributed by atoms with Crippen LogP contribution in [0.2, 0.25) is 0 Å². The molecule has 106 valence electrons. The molecule has 0 atom stereocenters. The third-order valence-corrected chi connectivity index (χ3v) is 4.18. The molecular weight excluding hydrogens is 256 g/mol. The molecule has 3 heterocycles. The van der Waals surface area contributed by atoms with Gasteiger partial charge in [0.05, 0.1) is 25.5 Å². The number of morpholine rings is 1. The van der Waals surface area contributed by atoms with Crippen molar-refractivity contribution in [3.8, 4) is 0 Å². The lowest BCUT2D eigenvalue weighted by molar-refractivity contribution is -0.133. The summed E-state index contributed by atoms with van der Waals surface area (Å²) in [5, 5.41) is 0. The number of carbonyl (C=O) groups excluding carboxylic acids is 1. The summed E-state index contributed by atoms with van der Waals surface area (Å²) in [6, 6.07) is 0. The fourth-order valence-corrected chi connectivity index (χ4v) is 2.80. The van der Waals surface area contributed by atoms with Crippen LogP contribution < -0.4 is 4.90 Å². The number of rotatable bonds is 2. The van der Waals surface area contributed by atoms with Crippen LogP contribution in [0.15, 0.2) is 6.20 Å². The molecule has 3 aliphatic rings. The number of nitrogens with zero attached hydrogens (tertiary/aromatic N) is 4. The van der Waals surface area contributed by atoms with Crippen molar-refractivity contribution >= 4 is 11.9 Å². The molecule has 2 aliphatic heterocycles. The lowest BCUT2D eigenvalue weighted by Crippen LogP contribution is -2.37. The molecule has 1 saturated heterocycles. The zero-order valence-electron chi connectivity index (χ0n) is 11.4. The first-order chi connectivity index (χ1) is 9.81. The largest absolute Gasteiger partial charge is 0.378 e. The van der Waals surface area contributed by atoms with Gasteiger partial charge in [0.1, 0.15) is 0 Å². The third-order valence-electron chi connectivity index (χ3n) is 4.18. The molecule has 0 unspecified atom stereocenters. The molecule has 1 aromatic rings. The van der Waals surface area contributed by atoms with Crippen molar-refractivity contribution in [3.63, 3.8) is 0 Å². The summed E-state index contributed by atoms with van der Waals surface area (Å²) >= 11 is 0. The van der Waals surface area contributed by atoms with Gasteiger partial charge in [0.25, 0.3) is 0 Å². The van der Waals surface area contributed by atoms with E-state index < -0.39 is 0 Å². The van der Waals surface area contributed by atoms with Gasteiger partial charge in [-0.2, -0.15) is 0 Å². The predicted octanol–water partition coefficient (Wildman–Crippen LogP) is 0.565. The first-order valence-electron chi connectivity index (χ1n) is 7.27. The van der Waals surface area contributed by atoms with Crippen LogP contribution in [0.3, 0.4) is 0 Å². The van der Waals surface area contributed by atoms with Gasteiger partial charge in [-0.05, 0) is 12.8 Å². The third kappa shape index (κ3) is 2.14. The van der Waals surface area contributed by atoms with Gasteiger partial charge in [0.15, 0.2) is 0 Å². The van der Waals surface area contributed by atoms with Crippen molar-refractivity contribution in [1.29, 1.82) is 0 Å². The molecule has 0 bridgehead atoms. The van der Waals surface area contributed by atoms with E-state index in [1.807, 2.05) is 11.1 Å². The number of anilines is 1. The Labute approximate surface area is 117 Å². The number of fused-ring (bicyclic) bond motifs is 1. The Hall–Kier alpha value is -1.69. The number of amides is 1. The second-order valence-electron chi connectivity index (χ2n) is 5.71. The standard InChI is InChI=1S/C14H18N4O2/c19-13(10-1-2-10)18-8-11-7-15-14(16-12(11)9-18)17-3-5-20-6-4-17/h7,10H,1-6,8-9H2. The maximum absolute atomic E-state index is 12.1. The van der Waals surface area contributed by atoms with E-state index in [4.69, 9.17) is 4.74 Å². The van der Waals surface area contributed by atoms with Crippen LogP contribution in [0, 0.1) is 5.92 Å². The Morgan fingerprint density at radius 2 is 2.05 bits per heavy atom. The first-order valence-corrected chi connectivity index (χ1v) is 7.27. The van der Waals surface area contributed by atoms with E-state index in [1.54, 1.807) is 0 Å². The zero-order chi connectivity index (χ0) is 13.5. The Morgan fingerprint density at radius 3 is 2.80 bits per heavy atom. The van der Waals surface area contributed by atoms with Crippen molar-refractivity contribution in [2.75, 3.05) is 31.2 Å². The van der Waals surface area contributed by atoms with E-state index in [1.165, 1.54) is 0 Å². The fraction of sp³-hybridized carbons (Fsp3) is 0.643. The van der Waals surface area contributed by atoms with Gasteiger partial charge in [-0.3, -0.25) is 4.79 Å². The summed E-state index contributed by atoms with van der Waals surface area (Å²) < 4.78 is 5.35. The Morgan fingerprint density at radius 1 is 1.25 bits per heavy atom. The topological polar surface area (TPSA) is 58.6 Å². The van der Waals surface area contributed by atoms with Crippen LogP contribution in [-0.2, 0) is 22.6 Å². The molecule has 0 spiro atoms. The summed E-state index contributed by atoms with van der Waals surface area (Å²) in [5.74, 6) is 1.33. The highest BCUT2D eigenvalue weighted by molar-refractivity contribution is 5.81. The van der Waals surface area contributed by atoms with Crippen LogP contribution in [-0.4, -0.2) is 47.1 Å². The highest BCUT2D eigenvalue weighted by Crippen LogP contribution is 2.34. The van der Waals surface area contributed by atoms with Crippen molar-refractivity contribution in [2.24, 2.45) is 5.92 Å². The molecule has 4 rings (SSSR count). The number of hydrogen-bond acceptors (Lipinski definition) is 5. The highest BCUT2D eigenvalue weighted by atomic mass is 16.5. The molecule has 1 amide bonds. The Bertz CT molecular complexity index is 538. The van der Waals surface area contributed by atoms with E-state index in [9.17, 15) is 4.79 Å². The molecule has 1 aromatic heterocycles. The van der Waals surface area contributed by atoms with E-state index >= 15 is 0 Å². The van der Waals surface area contributed by atoms with Crippen molar-refractivity contribution in [2.45, 2.75) is 25.9 Å². The summed E-state index contributed by atoms with van der Waals surface area (Å²) in [4.78, 5) is 25.3. The minimum atomic E-state index is 0.274. The van der Waals surface area contributed by atoms with Crippen LogP contribution in [0.1, 0.15) is 24.1 Å². The van der Waals surface area contributed by atoms with Crippen LogP contribution in [0.4, 0.5) is 5.95 Å². The van der Waals surface area contributed by atoms with E-state index in [2.05, 4.69) is 14.9 Å². The van der Waals surface area contributed by atoms with Gasteiger partial charge in [0, 0.05) is 37.3 Å². The van der Waals surface area contributed by atoms with Gasteiger partial charge in [-0.15, -0.1) is 0 Å². The number of ether oxygens (including phenoxy) is 1. The SMILES string of the molecule is O=C(C1CC1)N1Cc2cnc(N3CCOCC3)nc2C1. The zero-order valence-corrected chi connectivity index (χ0v) is 11.4. The van der Waals surface area contributed by atoms with Gasteiger partial charge in [0.2, 0.25) is 11.9 Å². The number of hydrogen-bond donors (Lipinski definition) is 0. The minimum absolute atomic E-state index is 0.274. The van der Waals surface area contributed by atoms with Gasteiger partial charge in [-0.25, -0.2) is 9.97 Å². The first kappa shape index (κ1) is 12.1. The monoisotopic (exact) mass is 274 g/mol. The van der Waals surface area contributed by atoms with E-state index in [-0.39, 0.29) is 11.8 Å². The minimum Gasteiger partial charge on any atom is -0.378 e. The molecule has 2 fully saturated rings. The summed E-state index contributed by atoms with van der Waals surface area (Å²) in [6.45, 7) is 4.45. The van der Waals surface area contributed by atoms with Crippen LogP contribution >= 0.6 is 0 Å². The molecule has 0 N–H and O–H groups in total. The number of aromatic nitrogens is 2. The Balaban J connectivity index is 1.51.